The topological polar surface area (TPSA) is 38.7 Å². The van der Waals surface area contributed by atoms with E-state index in [1.807, 2.05) is 38.1 Å². The van der Waals surface area contributed by atoms with Gasteiger partial charge in [-0.1, -0.05) is 25.1 Å². The summed E-state index contributed by atoms with van der Waals surface area (Å²) in [6, 6.07) is 7.75. The number of aryl methyl sites for hydroxylation is 1. The van der Waals surface area contributed by atoms with Crippen molar-refractivity contribution in [3.05, 3.63) is 29.8 Å². The average molecular weight is 243 g/mol. The lowest BCUT2D eigenvalue weighted by molar-refractivity contribution is 0.200. The number of rotatable bonds is 6. The molecular weight excluding hydrogens is 223 g/mol. The van der Waals surface area contributed by atoms with Gasteiger partial charge in [-0.3, -0.25) is 0 Å². The Balaban J connectivity index is 3.09. The van der Waals surface area contributed by atoms with Gasteiger partial charge in [-0.2, -0.15) is 13.9 Å². The smallest absolute Gasteiger partial charge is 0.188 e. The summed E-state index contributed by atoms with van der Waals surface area (Å²) < 4.78 is 10.9. The molecule has 0 fully saturated rings. The molecule has 16 heavy (non-hydrogen) atoms. The molecular formula is C12H20O3P+. The SMILES string of the molecule is CCO[P+](O)(OCC)c1ccccc1CC. The van der Waals surface area contributed by atoms with Crippen LogP contribution in [-0.4, -0.2) is 18.1 Å². The quantitative estimate of drug-likeness (QED) is 0.781. The largest absolute Gasteiger partial charge is 0.446 e. The van der Waals surface area contributed by atoms with Crippen molar-refractivity contribution in [1.82, 2.24) is 0 Å². The Kier molecular flexibility index (Phi) is 5.36. The molecule has 0 atom stereocenters. The summed E-state index contributed by atoms with van der Waals surface area (Å²) in [5.41, 5.74) is 1.08. The van der Waals surface area contributed by atoms with Crippen LogP contribution in [0.25, 0.3) is 0 Å². The van der Waals surface area contributed by atoms with E-state index >= 15 is 0 Å². The molecule has 0 radical (unpaired) electrons. The molecule has 0 bridgehead atoms. The minimum absolute atomic E-state index is 0.447. The van der Waals surface area contributed by atoms with Crippen LogP contribution in [0, 0.1) is 0 Å². The zero-order valence-corrected chi connectivity index (χ0v) is 11.0. The molecule has 0 aliphatic rings. The first-order chi connectivity index (χ1) is 7.68. The standard InChI is InChI=1S/C12H20O3P/c1-4-11-9-7-8-10-12(11)16(13,14-5-2)15-6-3/h7-10,13H,4-6H2,1-3H3/q+1. The van der Waals surface area contributed by atoms with E-state index in [2.05, 4.69) is 6.92 Å². The highest BCUT2D eigenvalue weighted by Gasteiger charge is 2.44. The highest BCUT2D eigenvalue weighted by molar-refractivity contribution is 7.68. The molecule has 1 N–H and O–H groups in total. The summed E-state index contributed by atoms with van der Waals surface area (Å²) in [6.07, 6.45) is 0.860. The van der Waals surface area contributed by atoms with Crippen molar-refractivity contribution in [3.8, 4) is 0 Å². The number of hydrogen-bond donors (Lipinski definition) is 1. The Morgan fingerprint density at radius 3 is 2.12 bits per heavy atom. The van der Waals surface area contributed by atoms with Crippen molar-refractivity contribution < 1.29 is 13.9 Å². The van der Waals surface area contributed by atoms with Crippen LogP contribution >= 0.6 is 7.94 Å². The van der Waals surface area contributed by atoms with Gasteiger partial charge in [0.15, 0.2) is 5.30 Å². The van der Waals surface area contributed by atoms with E-state index in [0.29, 0.717) is 13.2 Å². The van der Waals surface area contributed by atoms with Crippen molar-refractivity contribution >= 4 is 13.2 Å². The fourth-order valence-electron chi connectivity index (χ4n) is 1.61. The van der Waals surface area contributed by atoms with E-state index in [-0.39, 0.29) is 0 Å². The minimum Gasteiger partial charge on any atom is -0.188 e. The summed E-state index contributed by atoms with van der Waals surface area (Å²) in [5.74, 6) is 0. The lowest BCUT2D eigenvalue weighted by Crippen LogP contribution is -2.20. The van der Waals surface area contributed by atoms with Crippen LogP contribution in [0.3, 0.4) is 0 Å². The van der Waals surface area contributed by atoms with Gasteiger partial charge in [-0.15, -0.1) is 0 Å². The highest BCUT2D eigenvalue weighted by Crippen LogP contribution is 2.56. The van der Waals surface area contributed by atoms with E-state index in [9.17, 15) is 4.89 Å². The van der Waals surface area contributed by atoms with Crippen LogP contribution < -0.4 is 5.30 Å². The predicted octanol–water partition coefficient (Wildman–Crippen LogP) is 2.70. The van der Waals surface area contributed by atoms with Gasteiger partial charge in [0.1, 0.15) is 0 Å². The summed E-state index contributed by atoms with van der Waals surface area (Å²) in [4.78, 5) is 10.5. The zero-order chi connectivity index (χ0) is 12.0. The maximum absolute atomic E-state index is 10.5. The van der Waals surface area contributed by atoms with Gasteiger partial charge in [0.2, 0.25) is 0 Å². The molecule has 1 rings (SSSR count). The van der Waals surface area contributed by atoms with Crippen molar-refractivity contribution in [2.24, 2.45) is 0 Å². The maximum atomic E-state index is 10.5. The molecule has 4 heteroatoms. The number of benzene rings is 1. The second-order valence-electron chi connectivity index (χ2n) is 3.34. The molecule has 0 saturated heterocycles. The van der Waals surface area contributed by atoms with Crippen LogP contribution in [0.5, 0.6) is 0 Å². The van der Waals surface area contributed by atoms with Crippen molar-refractivity contribution in [2.75, 3.05) is 13.2 Å². The van der Waals surface area contributed by atoms with E-state index in [1.54, 1.807) is 0 Å². The Hall–Kier alpha value is -0.470. The fourth-order valence-corrected chi connectivity index (χ4v) is 3.53. The summed E-state index contributed by atoms with van der Waals surface area (Å²) in [5, 5.41) is 0.807. The Morgan fingerprint density at radius 2 is 1.62 bits per heavy atom. The van der Waals surface area contributed by atoms with Crippen LogP contribution in [0.2, 0.25) is 0 Å². The zero-order valence-electron chi connectivity index (χ0n) is 10.1. The van der Waals surface area contributed by atoms with E-state index in [1.165, 1.54) is 0 Å². The van der Waals surface area contributed by atoms with Crippen LogP contribution in [0.15, 0.2) is 24.3 Å². The average Bonchev–Trinajstić information content (AvgIpc) is 2.29. The van der Waals surface area contributed by atoms with Gasteiger partial charge in [0.25, 0.3) is 0 Å². The van der Waals surface area contributed by atoms with E-state index in [4.69, 9.17) is 9.05 Å². The molecule has 0 aliphatic heterocycles. The summed E-state index contributed by atoms with van der Waals surface area (Å²) in [6.45, 7) is 6.67. The minimum atomic E-state index is -2.88. The summed E-state index contributed by atoms with van der Waals surface area (Å²) >= 11 is 0. The third-order valence-electron chi connectivity index (χ3n) is 2.29. The molecule has 0 saturated carbocycles. The number of hydrogen-bond acceptors (Lipinski definition) is 3. The monoisotopic (exact) mass is 243 g/mol. The van der Waals surface area contributed by atoms with E-state index < -0.39 is 7.94 Å². The normalized spacial score (nSPS) is 11.8. The third kappa shape index (κ3) is 3.02. The molecule has 1 aromatic carbocycles. The lowest BCUT2D eigenvalue weighted by Gasteiger charge is -2.17. The van der Waals surface area contributed by atoms with Crippen LogP contribution in [0.4, 0.5) is 0 Å². The molecule has 0 unspecified atom stereocenters. The molecule has 3 nitrogen and oxygen atoms in total. The molecule has 0 heterocycles. The Labute approximate surface area is 98.0 Å². The first kappa shape index (κ1) is 13.6. The van der Waals surface area contributed by atoms with E-state index in [0.717, 1.165) is 17.3 Å². The molecule has 0 spiro atoms. The van der Waals surface area contributed by atoms with Gasteiger partial charge < -0.3 is 0 Å². The summed E-state index contributed by atoms with van der Waals surface area (Å²) in [7, 11) is -2.88. The first-order valence-corrected chi connectivity index (χ1v) is 7.25. The molecule has 90 valence electrons. The van der Waals surface area contributed by atoms with Crippen LogP contribution in [0.1, 0.15) is 26.3 Å². The van der Waals surface area contributed by atoms with Gasteiger partial charge in [-0.25, -0.2) is 0 Å². The van der Waals surface area contributed by atoms with Crippen LogP contribution in [-0.2, 0) is 15.5 Å². The van der Waals surface area contributed by atoms with Crippen molar-refractivity contribution in [3.63, 3.8) is 0 Å². The second-order valence-corrected chi connectivity index (χ2v) is 5.38. The van der Waals surface area contributed by atoms with Crippen molar-refractivity contribution in [1.29, 1.82) is 0 Å². The second kappa shape index (κ2) is 6.31. The molecule has 0 aromatic heterocycles. The molecule has 1 aromatic rings. The Morgan fingerprint density at radius 1 is 1.06 bits per heavy atom. The van der Waals surface area contributed by atoms with Gasteiger partial charge in [-0.05, 0) is 26.3 Å². The highest BCUT2D eigenvalue weighted by atomic mass is 31.2. The lowest BCUT2D eigenvalue weighted by atomic mass is 10.2. The van der Waals surface area contributed by atoms with Gasteiger partial charge in [0, 0.05) is 5.56 Å². The maximum Gasteiger partial charge on any atom is 0.446 e. The van der Waals surface area contributed by atoms with Gasteiger partial charge >= 0.3 is 7.94 Å². The first-order valence-electron chi connectivity index (χ1n) is 5.67. The third-order valence-corrected chi connectivity index (χ3v) is 4.55. The molecule has 0 amide bonds. The Bertz CT molecular complexity index is 322. The van der Waals surface area contributed by atoms with Crippen molar-refractivity contribution in [2.45, 2.75) is 27.2 Å². The predicted molar refractivity (Wildman–Crippen MR) is 67.8 cm³/mol. The fraction of sp³-hybridized carbons (Fsp3) is 0.500. The molecule has 0 aliphatic carbocycles. The van der Waals surface area contributed by atoms with Gasteiger partial charge in [0.05, 0.1) is 13.2 Å².